The molecule has 18 heavy (non-hydrogen) atoms. The van der Waals surface area contributed by atoms with Crippen LogP contribution in [-0.2, 0) is 0 Å². The minimum Gasteiger partial charge on any atom is -0.361 e. The molecule has 0 aromatic rings. The molecule has 2 aliphatic rings. The molecule has 0 radical (unpaired) electrons. The quantitative estimate of drug-likeness (QED) is 0.850. The molecule has 0 spiro atoms. The highest BCUT2D eigenvalue weighted by Crippen LogP contribution is 2.30. The number of rotatable bonds is 4. The number of thioether (sulfide) groups is 1. The van der Waals surface area contributed by atoms with Crippen LogP contribution in [0.3, 0.4) is 0 Å². The lowest BCUT2D eigenvalue weighted by atomic mass is 9.99. The van der Waals surface area contributed by atoms with Crippen molar-refractivity contribution in [1.29, 1.82) is 0 Å². The Morgan fingerprint density at radius 3 is 2.89 bits per heavy atom. The highest BCUT2D eigenvalue weighted by atomic mass is 32.2. The number of amidine groups is 1. The van der Waals surface area contributed by atoms with Crippen molar-refractivity contribution in [2.45, 2.75) is 50.8 Å². The first kappa shape index (κ1) is 14.2. The number of hydrogen-bond acceptors (Lipinski definition) is 4. The van der Waals surface area contributed by atoms with Gasteiger partial charge in [0.05, 0.1) is 6.54 Å². The molecular weight excluding hydrogens is 242 g/mol. The summed E-state index contributed by atoms with van der Waals surface area (Å²) < 4.78 is 0. The summed E-state index contributed by atoms with van der Waals surface area (Å²) in [7, 11) is 2.21. The fourth-order valence-corrected chi connectivity index (χ4v) is 4.39. The van der Waals surface area contributed by atoms with E-state index in [1.807, 2.05) is 11.8 Å². The molecule has 0 aromatic heterocycles. The number of likely N-dealkylation sites (tertiary alicyclic amines) is 1. The largest absolute Gasteiger partial charge is 0.361 e. The van der Waals surface area contributed by atoms with Crippen LogP contribution in [0, 0.1) is 5.92 Å². The van der Waals surface area contributed by atoms with Gasteiger partial charge >= 0.3 is 0 Å². The number of nitrogens with zero attached hydrogens (tertiary/aromatic N) is 2. The molecule has 2 unspecified atom stereocenters. The first-order chi connectivity index (χ1) is 8.72. The van der Waals surface area contributed by atoms with Crippen molar-refractivity contribution in [3.05, 3.63) is 0 Å². The van der Waals surface area contributed by atoms with E-state index in [4.69, 9.17) is 4.99 Å². The molecule has 0 aliphatic carbocycles. The topological polar surface area (TPSA) is 27.6 Å². The van der Waals surface area contributed by atoms with Gasteiger partial charge in [-0.1, -0.05) is 38.5 Å². The molecule has 1 N–H and O–H groups in total. The van der Waals surface area contributed by atoms with Crippen LogP contribution in [0.25, 0.3) is 0 Å². The zero-order chi connectivity index (χ0) is 13.0. The van der Waals surface area contributed by atoms with Gasteiger partial charge in [-0.3, -0.25) is 4.99 Å². The second-order valence-corrected chi connectivity index (χ2v) is 6.85. The second kappa shape index (κ2) is 6.80. The van der Waals surface area contributed by atoms with Crippen LogP contribution >= 0.6 is 11.8 Å². The van der Waals surface area contributed by atoms with E-state index in [2.05, 4.69) is 31.1 Å². The van der Waals surface area contributed by atoms with Crippen molar-refractivity contribution < 1.29 is 0 Å². The molecule has 2 aliphatic heterocycles. The molecule has 3 nitrogen and oxygen atoms in total. The summed E-state index contributed by atoms with van der Waals surface area (Å²) in [4.78, 5) is 7.12. The Balaban J connectivity index is 1.78. The molecule has 0 aromatic carbocycles. The first-order valence-corrected chi connectivity index (χ1v) is 8.27. The van der Waals surface area contributed by atoms with Gasteiger partial charge in [0, 0.05) is 17.8 Å². The minimum atomic E-state index is 0.607. The van der Waals surface area contributed by atoms with Crippen LogP contribution in [0.5, 0.6) is 0 Å². The second-order valence-electron chi connectivity index (χ2n) is 5.62. The number of piperidine rings is 1. The summed E-state index contributed by atoms with van der Waals surface area (Å²) in [5.41, 5.74) is 0. The maximum atomic E-state index is 4.70. The van der Waals surface area contributed by atoms with Gasteiger partial charge in [-0.15, -0.1) is 0 Å². The average molecular weight is 269 g/mol. The van der Waals surface area contributed by atoms with E-state index >= 15 is 0 Å². The Bertz CT molecular complexity index is 289. The lowest BCUT2D eigenvalue weighted by molar-refractivity contribution is 0.241. The van der Waals surface area contributed by atoms with Crippen LogP contribution < -0.4 is 5.32 Å². The monoisotopic (exact) mass is 269 g/mol. The lowest BCUT2D eigenvalue weighted by Crippen LogP contribution is -2.45. The van der Waals surface area contributed by atoms with Gasteiger partial charge in [0.1, 0.15) is 0 Å². The van der Waals surface area contributed by atoms with Crippen LogP contribution in [0.2, 0.25) is 0 Å². The molecule has 0 amide bonds. The summed E-state index contributed by atoms with van der Waals surface area (Å²) in [6.07, 6.45) is 5.16. The van der Waals surface area contributed by atoms with Crippen LogP contribution in [0.1, 0.15) is 39.5 Å². The average Bonchev–Trinajstić information content (AvgIpc) is 2.79. The fourth-order valence-electron chi connectivity index (χ4n) is 2.99. The fraction of sp³-hybridized carbons (Fsp3) is 0.929. The summed E-state index contributed by atoms with van der Waals surface area (Å²) in [5.74, 6) is 0.826. The van der Waals surface area contributed by atoms with Crippen LogP contribution in [0.4, 0.5) is 0 Å². The van der Waals surface area contributed by atoms with E-state index in [0.717, 1.165) is 19.0 Å². The predicted molar refractivity (Wildman–Crippen MR) is 81.4 cm³/mol. The van der Waals surface area contributed by atoms with Gasteiger partial charge in [-0.25, -0.2) is 0 Å². The SMILES string of the molecule is CCC(CC)C1CN=C(NC2CCCN(C)C2)S1. The number of hydrogen-bond donors (Lipinski definition) is 1. The van der Waals surface area contributed by atoms with Gasteiger partial charge in [-0.05, 0) is 32.4 Å². The van der Waals surface area contributed by atoms with Crippen molar-refractivity contribution >= 4 is 16.9 Å². The highest BCUT2D eigenvalue weighted by molar-refractivity contribution is 8.14. The van der Waals surface area contributed by atoms with E-state index in [0.29, 0.717) is 11.3 Å². The molecule has 104 valence electrons. The van der Waals surface area contributed by atoms with Crippen molar-refractivity contribution in [2.75, 3.05) is 26.7 Å². The Morgan fingerprint density at radius 2 is 2.22 bits per heavy atom. The maximum Gasteiger partial charge on any atom is 0.157 e. The molecule has 1 saturated heterocycles. The summed E-state index contributed by atoms with van der Waals surface area (Å²) in [6.45, 7) is 8.03. The van der Waals surface area contributed by atoms with Crippen LogP contribution in [-0.4, -0.2) is 48.0 Å². The van der Waals surface area contributed by atoms with E-state index in [9.17, 15) is 0 Å². The molecule has 0 bridgehead atoms. The third-order valence-corrected chi connectivity index (χ3v) is 5.51. The smallest absolute Gasteiger partial charge is 0.157 e. The van der Waals surface area contributed by atoms with Crippen molar-refractivity contribution in [2.24, 2.45) is 10.9 Å². The van der Waals surface area contributed by atoms with E-state index in [1.54, 1.807) is 0 Å². The first-order valence-electron chi connectivity index (χ1n) is 7.39. The molecule has 2 atom stereocenters. The van der Waals surface area contributed by atoms with Crippen molar-refractivity contribution in [3.63, 3.8) is 0 Å². The van der Waals surface area contributed by atoms with Crippen molar-refractivity contribution in [1.82, 2.24) is 10.2 Å². The zero-order valence-electron chi connectivity index (χ0n) is 12.0. The predicted octanol–water partition coefficient (Wildman–Crippen LogP) is 2.58. The molecule has 1 fully saturated rings. The minimum absolute atomic E-state index is 0.607. The molecule has 2 heterocycles. The van der Waals surface area contributed by atoms with Crippen LogP contribution in [0.15, 0.2) is 4.99 Å². The third-order valence-electron chi connectivity index (χ3n) is 4.20. The Labute approximate surface area is 116 Å². The number of nitrogens with one attached hydrogen (secondary N) is 1. The summed E-state index contributed by atoms with van der Waals surface area (Å²) in [6, 6.07) is 0.607. The number of likely N-dealkylation sites (N-methyl/N-ethyl adjacent to an activating group) is 1. The third kappa shape index (κ3) is 3.64. The molecule has 0 saturated carbocycles. The van der Waals surface area contributed by atoms with Gasteiger partial charge in [0.15, 0.2) is 5.17 Å². The summed E-state index contributed by atoms with van der Waals surface area (Å²) in [5, 5.41) is 5.57. The lowest BCUT2D eigenvalue weighted by Gasteiger charge is -2.30. The summed E-state index contributed by atoms with van der Waals surface area (Å²) >= 11 is 1.98. The molecule has 4 heteroatoms. The van der Waals surface area contributed by atoms with Gasteiger partial charge in [0.2, 0.25) is 0 Å². The Morgan fingerprint density at radius 1 is 1.44 bits per heavy atom. The van der Waals surface area contributed by atoms with Gasteiger partial charge in [0.25, 0.3) is 0 Å². The van der Waals surface area contributed by atoms with Gasteiger partial charge < -0.3 is 10.2 Å². The van der Waals surface area contributed by atoms with E-state index in [-0.39, 0.29) is 0 Å². The van der Waals surface area contributed by atoms with Crippen molar-refractivity contribution in [3.8, 4) is 0 Å². The standard InChI is InChI=1S/C14H27N3S/c1-4-11(5-2)13-9-15-14(18-13)16-12-7-6-8-17(3)10-12/h11-13H,4-10H2,1-3H3,(H,15,16). The molecule has 2 rings (SSSR count). The molecular formula is C14H27N3S. The Hall–Kier alpha value is -0.220. The van der Waals surface area contributed by atoms with Gasteiger partial charge in [-0.2, -0.15) is 0 Å². The zero-order valence-corrected chi connectivity index (χ0v) is 12.8. The number of aliphatic imine (C=N–C) groups is 1. The highest BCUT2D eigenvalue weighted by Gasteiger charge is 2.27. The Kier molecular flexibility index (Phi) is 5.37. The normalized spacial score (nSPS) is 29.7. The maximum absolute atomic E-state index is 4.70. The van der Waals surface area contributed by atoms with E-state index in [1.165, 1.54) is 37.4 Å². The van der Waals surface area contributed by atoms with E-state index < -0.39 is 0 Å².